The second-order valence-electron chi connectivity index (χ2n) is 11.0. The van der Waals surface area contributed by atoms with E-state index in [2.05, 4.69) is 33.8 Å². The summed E-state index contributed by atoms with van der Waals surface area (Å²) >= 11 is 0. The van der Waals surface area contributed by atoms with Crippen LogP contribution < -0.4 is 0 Å². The lowest BCUT2D eigenvalue weighted by molar-refractivity contribution is -0.125. The molecule has 0 bridgehead atoms. The van der Waals surface area contributed by atoms with Gasteiger partial charge in [-0.15, -0.1) is 0 Å². The van der Waals surface area contributed by atoms with Gasteiger partial charge in [0.05, 0.1) is 24.0 Å². The van der Waals surface area contributed by atoms with Crippen LogP contribution in [-0.4, -0.2) is 46.6 Å². The molecule has 0 aromatic rings. The first-order valence-corrected chi connectivity index (χ1v) is 11.9. The summed E-state index contributed by atoms with van der Waals surface area (Å²) in [5, 5.41) is 9.46. The number of aliphatic hydroxyl groups is 1. The summed E-state index contributed by atoms with van der Waals surface area (Å²) in [6.45, 7) is 9.10. The van der Waals surface area contributed by atoms with Crippen LogP contribution in [0, 0.1) is 23.2 Å². The number of fused-ring (bicyclic) bond motifs is 2. The molecule has 1 N–H and O–H groups in total. The van der Waals surface area contributed by atoms with Crippen molar-refractivity contribution in [2.45, 2.75) is 77.9 Å². The number of carbonyl (C=O) groups is 2. The normalized spacial score (nSPS) is 41.5. The summed E-state index contributed by atoms with van der Waals surface area (Å²) < 4.78 is 6.85. The van der Waals surface area contributed by atoms with E-state index in [0.717, 1.165) is 48.9 Å². The highest BCUT2D eigenvalue weighted by atomic mass is 16.5. The largest absolute Gasteiger partial charge is 0.395 e. The average molecular weight is 426 g/mol. The molecular weight excluding hydrogens is 390 g/mol. The van der Waals surface area contributed by atoms with E-state index in [1.807, 2.05) is 0 Å². The second-order valence-corrected chi connectivity index (χ2v) is 11.0. The van der Waals surface area contributed by atoms with Crippen LogP contribution in [0.4, 0.5) is 0 Å². The molecule has 5 heteroatoms. The Hall–Kier alpha value is -1.72. The van der Waals surface area contributed by atoms with Crippen molar-refractivity contribution in [3.8, 4) is 0 Å². The minimum absolute atomic E-state index is 0.00810. The van der Waals surface area contributed by atoms with Crippen molar-refractivity contribution in [2.75, 3.05) is 13.2 Å². The lowest BCUT2D eigenvalue weighted by Gasteiger charge is -2.43. The van der Waals surface area contributed by atoms with Gasteiger partial charge in [-0.3, -0.25) is 9.59 Å². The van der Waals surface area contributed by atoms with Crippen molar-refractivity contribution in [1.29, 1.82) is 0 Å². The zero-order valence-electron chi connectivity index (χ0n) is 19.2. The summed E-state index contributed by atoms with van der Waals surface area (Å²) in [6, 6.07) is 0. The highest BCUT2D eigenvalue weighted by Gasteiger charge is 2.62. The first-order chi connectivity index (χ1) is 14.7. The Kier molecular flexibility index (Phi) is 4.87. The van der Waals surface area contributed by atoms with E-state index in [1.165, 1.54) is 5.57 Å². The zero-order chi connectivity index (χ0) is 22.1. The van der Waals surface area contributed by atoms with Crippen molar-refractivity contribution in [3.63, 3.8) is 0 Å². The number of ether oxygens (including phenoxy) is 1. The Morgan fingerprint density at radius 1 is 1.32 bits per heavy atom. The summed E-state index contributed by atoms with van der Waals surface area (Å²) in [7, 11) is 0. The van der Waals surface area contributed by atoms with Crippen LogP contribution in [-0.2, 0) is 14.3 Å². The topological polar surface area (TPSA) is 66.8 Å². The van der Waals surface area contributed by atoms with Crippen LogP contribution in [0.3, 0.4) is 0 Å². The van der Waals surface area contributed by atoms with Gasteiger partial charge in [0.1, 0.15) is 0 Å². The average Bonchev–Trinajstić information content (AvgIpc) is 3.32. The third-order valence-electron chi connectivity index (χ3n) is 8.87. The quantitative estimate of drug-likeness (QED) is 0.696. The Labute approximate surface area is 185 Å². The van der Waals surface area contributed by atoms with Crippen LogP contribution in [0.2, 0.25) is 0 Å². The third kappa shape index (κ3) is 2.96. The van der Waals surface area contributed by atoms with E-state index in [4.69, 9.17) is 4.74 Å². The molecule has 2 aliphatic heterocycles. The Bertz CT molecular complexity index is 926. The van der Waals surface area contributed by atoms with Crippen molar-refractivity contribution < 1.29 is 19.4 Å². The van der Waals surface area contributed by atoms with Gasteiger partial charge >= 0.3 is 0 Å². The highest BCUT2D eigenvalue weighted by molar-refractivity contribution is 6.09. The lowest BCUT2D eigenvalue weighted by atomic mass is 9.63. The molecule has 31 heavy (non-hydrogen) atoms. The minimum atomic E-state index is -0.217. The van der Waals surface area contributed by atoms with Crippen LogP contribution in [0.5, 0.6) is 0 Å². The maximum absolute atomic E-state index is 13.2. The van der Waals surface area contributed by atoms with Gasteiger partial charge in [-0.2, -0.15) is 0 Å². The van der Waals surface area contributed by atoms with Crippen molar-refractivity contribution in [2.24, 2.45) is 23.2 Å². The molecule has 2 fully saturated rings. The number of carbonyl (C=O) groups excluding carboxylic acids is 2. The smallest absolute Gasteiger partial charge is 0.254 e. The van der Waals surface area contributed by atoms with Gasteiger partial charge in [-0.25, -0.2) is 0 Å². The summed E-state index contributed by atoms with van der Waals surface area (Å²) in [4.78, 5) is 27.9. The van der Waals surface area contributed by atoms with Crippen molar-refractivity contribution in [3.05, 3.63) is 34.6 Å². The fourth-order valence-corrected chi connectivity index (χ4v) is 7.59. The summed E-state index contributed by atoms with van der Waals surface area (Å²) in [6.07, 6.45) is 9.65. The number of amides is 1. The van der Waals surface area contributed by atoms with Gasteiger partial charge in [0.25, 0.3) is 5.91 Å². The van der Waals surface area contributed by atoms with E-state index in [-0.39, 0.29) is 47.9 Å². The molecule has 168 valence electrons. The molecule has 1 amide bonds. The van der Waals surface area contributed by atoms with Gasteiger partial charge in [-0.1, -0.05) is 25.5 Å². The molecule has 2 heterocycles. The van der Waals surface area contributed by atoms with Crippen LogP contribution in [0.1, 0.15) is 66.2 Å². The fourth-order valence-electron chi connectivity index (χ4n) is 7.59. The van der Waals surface area contributed by atoms with E-state index < -0.39 is 0 Å². The number of hydrogen-bond acceptors (Lipinski definition) is 4. The number of rotatable bonds is 3. The number of aliphatic hydroxyl groups excluding tert-OH is 1. The fraction of sp³-hybridized carbons (Fsp3) is 0.692. The Morgan fingerprint density at radius 3 is 2.81 bits per heavy atom. The van der Waals surface area contributed by atoms with E-state index in [1.54, 1.807) is 11.0 Å². The highest BCUT2D eigenvalue weighted by Crippen LogP contribution is 2.64. The number of hydrogen-bond donors (Lipinski definition) is 1. The van der Waals surface area contributed by atoms with E-state index >= 15 is 0 Å². The molecule has 5 nitrogen and oxygen atoms in total. The van der Waals surface area contributed by atoms with Crippen molar-refractivity contribution in [1.82, 2.24) is 4.90 Å². The minimum Gasteiger partial charge on any atom is -0.395 e. The Balaban J connectivity index is 1.51. The number of β-amino-alcohol motifs (C(OH)–C–C–N with tert-alkyl or cyclic N) is 1. The molecule has 1 saturated heterocycles. The number of allylic oxidation sites excluding steroid dienone is 3. The standard InChI is InChI=1S/C26H35NO4/c1-15(2)11-17-12-16(3)26(31-17)8-7-25(4)14-19-21(29)13-20-23(19)18(5-6-22(25)26)24(30)27(20)9-10-28/h11,13,16-17,19,22,28H,5-10,12,14H2,1-4H3/t16-,17-,19+,22+,25+,26-/m0/s1. The number of ketones is 1. The SMILES string of the molecule is CC(C)=C[C@H]1C[C@H](C)[C@]2(CC[C@]3(C)C[C@@H]4C(=O)C=C5C4=C(CC[C@H]32)C(=O)N5CCO)O1. The summed E-state index contributed by atoms with van der Waals surface area (Å²) in [5.41, 5.74) is 3.70. The molecule has 0 unspecified atom stereocenters. The van der Waals surface area contributed by atoms with E-state index in [9.17, 15) is 14.7 Å². The molecule has 5 aliphatic rings. The first kappa shape index (κ1) is 21.1. The van der Waals surface area contributed by atoms with E-state index in [0.29, 0.717) is 18.3 Å². The predicted octanol–water partition coefficient (Wildman–Crippen LogP) is 3.93. The van der Waals surface area contributed by atoms with Crippen LogP contribution in [0.15, 0.2) is 34.6 Å². The molecule has 6 atom stereocenters. The molecule has 1 spiro atoms. The van der Waals surface area contributed by atoms with Gasteiger partial charge in [0.2, 0.25) is 0 Å². The molecule has 3 aliphatic carbocycles. The lowest BCUT2D eigenvalue weighted by Crippen LogP contribution is -2.44. The molecular formula is C26H35NO4. The molecule has 5 rings (SSSR count). The Morgan fingerprint density at radius 2 is 2.10 bits per heavy atom. The molecule has 1 saturated carbocycles. The maximum atomic E-state index is 13.2. The molecule has 0 aromatic heterocycles. The summed E-state index contributed by atoms with van der Waals surface area (Å²) in [5.74, 6) is 0.711. The van der Waals surface area contributed by atoms with Crippen molar-refractivity contribution >= 4 is 11.7 Å². The van der Waals surface area contributed by atoms with Crippen LogP contribution >= 0.6 is 0 Å². The van der Waals surface area contributed by atoms with Gasteiger partial charge in [0, 0.05) is 24.1 Å². The monoisotopic (exact) mass is 425 g/mol. The molecule has 0 aromatic carbocycles. The predicted molar refractivity (Wildman–Crippen MR) is 118 cm³/mol. The third-order valence-corrected chi connectivity index (χ3v) is 8.87. The number of nitrogens with zero attached hydrogens (tertiary/aromatic N) is 1. The van der Waals surface area contributed by atoms with Gasteiger partial charge in [-0.05, 0) is 75.2 Å². The first-order valence-electron chi connectivity index (χ1n) is 11.9. The van der Waals surface area contributed by atoms with Gasteiger partial charge in [0.15, 0.2) is 5.78 Å². The maximum Gasteiger partial charge on any atom is 0.254 e. The molecule has 0 radical (unpaired) electrons. The second kappa shape index (κ2) is 7.14. The zero-order valence-corrected chi connectivity index (χ0v) is 19.2. The van der Waals surface area contributed by atoms with Gasteiger partial charge < -0.3 is 14.7 Å². The van der Waals surface area contributed by atoms with Crippen LogP contribution in [0.25, 0.3) is 0 Å².